The largest absolute Gasteiger partial charge is 0.393 e. The zero-order valence-corrected chi connectivity index (χ0v) is 15.3. The van der Waals surface area contributed by atoms with Gasteiger partial charge in [0.05, 0.1) is 12.2 Å². The molecule has 3 fully saturated rings. The standard InChI is InChI=1S/C21H30O6/c1-19-5-3-11(23)7-14(19)15(24)8-12-13-4-6-21(27,17(26)10-22)20(13,2)9-16(25)18(12)19/h7,12-13,15-16,18,22,24-25,27H,3-6,8-10H2,1-2H3/t12-,13-,15+,16-,18+,19-,20-,21-/m0/s1/i1+1D3,3+1,5+1D2,7+1. The van der Waals surface area contributed by atoms with Gasteiger partial charge in [0.15, 0.2) is 11.6 Å². The van der Waals surface area contributed by atoms with Gasteiger partial charge in [0.1, 0.15) is 12.2 Å². The summed E-state index contributed by atoms with van der Waals surface area (Å²) in [6.45, 7) is -2.21. The molecule has 0 radical (unpaired) electrons. The molecule has 6 nitrogen and oxygen atoms in total. The molecular weight excluding hydrogens is 352 g/mol. The van der Waals surface area contributed by atoms with Crippen molar-refractivity contribution in [3.8, 4) is 0 Å². The zero-order chi connectivity index (χ0) is 24.1. The van der Waals surface area contributed by atoms with E-state index < -0.39 is 84.2 Å². The third-order valence-electron chi connectivity index (χ3n) is 7.88. The first-order valence-corrected chi connectivity index (χ1v) is 9.56. The van der Waals surface area contributed by atoms with Crippen molar-refractivity contribution in [3.63, 3.8) is 0 Å². The zero-order valence-electron chi connectivity index (χ0n) is 20.3. The molecule has 0 aliphatic heterocycles. The number of carbonyl (C=O) groups excluding carboxylic acids is 2. The third kappa shape index (κ3) is 2.33. The molecular formula is C21H30O6. The number of carbonyl (C=O) groups is 2. The molecule has 0 unspecified atom stereocenters. The molecule has 4 N–H and O–H groups in total. The Morgan fingerprint density at radius 3 is 2.85 bits per heavy atom. The minimum Gasteiger partial charge on any atom is -0.393 e. The van der Waals surface area contributed by atoms with E-state index >= 15 is 0 Å². The van der Waals surface area contributed by atoms with E-state index in [0.29, 0.717) is 6.42 Å². The number of fused-ring (bicyclic) bond motifs is 5. The van der Waals surface area contributed by atoms with Crippen LogP contribution in [0.2, 0.25) is 0 Å². The maximum atomic E-state index is 12.5. The van der Waals surface area contributed by atoms with Crippen LogP contribution in [0.5, 0.6) is 0 Å². The molecule has 0 heterocycles. The van der Waals surface area contributed by atoms with Gasteiger partial charge in [0, 0.05) is 18.7 Å². The summed E-state index contributed by atoms with van der Waals surface area (Å²) in [5.74, 6) is -3.71. The van der Waals surface area contributed by atoms with Gasteiger partial charge in [-0.3, -0.25) is 9.59 Å². The molecule has 0 saturated heterocycles. The molecule has 150 valence electrons. The minimum absolute atomic E-state index is 0.0155. The van der Waals surface area contributed by atoms with E-state index in [1.165, 1.54) is 0 Å². The highest BCUT2D eigenvalue weighted by Crippen LogP contribution is 2.67. The highest BCUT2D eigenvalue weighted by molar-refractivity contribution is 5.92. The van der Waals surface area contributed by atoms with E-state index in [-0.39, 0.29) is 24.8 Å². The first-order chi connectivity index (χ1) is 14.6. The van der Waals surface area contributed by atoms with E-state index in [1.807, 2.05) is 0 Å². The van der Waals surface area contributed by atoms with Crippen LogP contribution in [-0.4, -0.2) is 56.4 Å². The normalized spacial score (nSPS) is 56.9. The Morgan fingerprint density at radius 2 is 2.19 bits per heavy atom. The van der Waals surface area contributed by atoms with E-state index in [0.717, 1.165) is 6.08 Å². The molecule has 0 aromatic carbocycles. The summed E-state index contributed by atoms with van der Waals surface area (Å²) in [6.07, 6.45) is -4.85. The quantitative estimate of drug-likeness (QED) is 0.520. The molecule has 0 spiro atoms. The fourth-order valence-corrected chi connectivity index (χ4v) is 6.61. The van der Waals surface area contributed by atoms with Gasteiger partial charge in [0.25, 0.3) is 0 Å². The summed E-state index contributed by atoms with van der Waals surface area (Å²) in [4.78, 5) is 24.7. The number of aliphatic hydroxyl groups excluding tert-OH is 3. The summed E-state index contributed by atoms with van der Waals surface area (Å²) in [5.41, 5.74) is -5.56. The highest BCUT2D eigenvalue weighted by atomic mass is 16.3. The van der Waals surface area contributed by atoms with Crippen molar-refractivity contribution in [2.75, 3.05) is 6.61 Å². The molecule has 0 aromatic rings. The average molecular weight is 387 g/mol. The summed E-state index contributed by atoms with van der Waals surface area (Å²) >= 11 is 0. The molecule has 0 bridgehead atoms. The van der Waals surface area contributed by atoms with Crippen molar-refractivity contribution >= 4 is 11.6 Å². The summed E-state index contributed by atoms with van der Waals surface area (Å²) in [7, 11) is 0. The van der Waals surface area contributed by atoms with Gasteiger partial charge in [-0.2, -0.15) is 0 Å². The lowest BCUT2D eigenvalue weighted by Gasteiger charge is -2.61. The number of hydrogen-bond donors (Lipinski definition) is 4. The fourth-order valence-electron chi connectivity index (χ4n) is 6.61. The van der Waals surface area contributed by atoms with Crippen LogP contribution in [0.1, 0.15) is 59.1 Å². The molecule has 4 aliphatic rings. The molecule has 4 aliphatic carbocycles. The van der Waals surface area contributed by atoms with Crippen LogP contribution in [-0.2, 0) is 9.59 Å². The number of hydrogen-bond acceptors (Lipinski definition) is 6. The first-order valence-electron chi connectivity index (χ1n) is 12.1. The van der Waals surface area contributed by atoms with Crippen molar-refractivity contribution in [1.29, 1.82) is 0 Å². The number of ketones is 2. The predicted molar refractivity (Wildman–Crippen MR) is 96.5 cm³/mol. The van der Waals surface area contributed by atoms with Crippen LogP contribution >= 0.6 is 0 Å². The molecule has 4 rings (SSSR count). The van der Waals surface area contributed by atoms with Crippen molar-refractivity contribution in [1.82, 2.24) is 0 Å². The lowest BCUT2D eigenvalue weighted by molar-refractivity contribution is -0.187. The number of Topliss-reactive ketones (excluding diaryl/α,β-unsaturated/α-hetero) is 1. The third-order valence-corrected chi connectivity index (χ3v) is 7.88. The Bertz CT molecular complexity index is 886. The second kappa shape index (κ2) is 5.96. The van der Waals surface area contributed by atoms with Crippen LogP contribution in [0.15, 0.2) is 11.6 Å². The summed E-state index contributed by atoms with van der Waals surface area (Å²) < 4.78 is 42.5. The molecule has 6 heteroatoms. The minimum atomic E-state index is -2.97. The van der Waals surface area contributed by atoms with Crippen LogP contribution in [0, 0.1) is 28.6 Å². The lowest BCUT2D eigenvalue weighted by atomic mass is 9.48. The predicted octanol–water partition coefficient (Wildman–Crippen LogP) is 0.752. The Morgan fingerprint density at radius 1 is 1.44 bits per heavy atom. The Kier molecular flexibility index (Phi) is 3.09. The second-order valence-corrected chi connectivity index (χ2v) is 8.94. The van der Waals surface area contributed by atoms with Gasteiger partial charge in [-0.1, -0.05) is 13.8 Å². The monoisotopic (exact) mass is 387 g/mol. The second-order valence-electron chi connectivity index (χ2n) is 8.94. The van der Waals surface area contributed by atoms with E-state index in [1.54, 1.807) is 6.92 Å². The van der Waals surface area contributed by atoms with Gasteiger partial charge in [0.2, 0.25) is 0 Å². The van der Waals surface area contributed by atoms with Crippen LogP contribution in [0.25, 0.3) is 0 Å². The lowest BCUT2D eigenvalue weighted by Crippen LogP contribution is -2.63. The molecule has 8 atom stereocenters. The van der Waals surface area contributed by atoms with Gasteiger partial charge >= 0.3 is 0 Å². The average Bonchev–Trinajstić information content (AvgIpc) is 2.91. The van der Waals surface area contributed by atoms with Crippen molar-refractivity contribution < 1.29 is 36.9 Å². The van der Waals surface area contributed by atoms with Gasteiger partial charge in [-0.15, -0.1) is 0 Å². The van der Waals surface area contributed by atoms with Gasteiger partial charge < -0.3 is 20.4 Å². The van der Waals surface area contributed by atoms with Crippen LogP contribution in [0.4, 0.5) is 0 Å². The number of aliphatic hydroxyl groups is 4. The Balaban J connectivity index is 1.93. The van der Waals surface area contributed by atoms with Crippen molar-refractivity contribution in [2.24, 2.45) is 28.6 Å². The maximum absolute atomic E-state index is 12.5. The Labute approximate surface area is 166 Å². The van der Waals surface area contributed by atoms with Gasteiger partial charge in [-0.05, 0) is 66.9 Å². The van der Waals surface area contributed by atoms with E-state index in [9.17, 15) is 30.0 Å². The van der Waals surface area contributed by atoms with E-state index in [2.05, 4.69) is 0 Å². The smallest absolute Gasteiger partial charge is 0.190 e. The maximum Gasteiger partial charge on any atom is 0.190 e. The molecule has 0 aromatic heterocycles. The summed E-state index contributed by atoms with van der Waals surface area (Å²) in [6, 6.07) is 0. The molecule has 3 saturated carbocycles. The summed E-state index contributed by atoms with van der Waals surface area (Å²) in [5, 5.41) is 43.1. The fraction of sp³-hybridized carbons (Fsp3) is 0.810. The number of rotatable bonds is 2. The highest BCUT2D eigenvalue weighted by Gasteiger charge is 2.68. The van der Waals surface area contributed by atoms with Gasteiger partial charge in [-0.25, -0.2) is 0 Å². The topological polar surface area (TPSA) is 115 Å². The van der Waals surface area contributed by atoms with Crippen LogP contribution in [0.3, 0.4) is 0 Å². The molecule has 0 amide bonds. The van der Waals surface area contributed by atoms with Crippen LogP contribution < -0.4 is 0 Å². The van der Waals surface area contributed by atoms with Crippen molar-refractivity contribution in [3.05, 3.63) is 11.6 Å². The van der Waals surface area contributed by atoms with E-state index in [4.69, 9.17) is 6.85 Å². The first kappa shape index (κ1) is 14.0. The molecule has 27 heavy (non-hydrogen) atoms. The SMILES string of the molecule is [2H][13C]([2H])([2H])[C@@]12C(=[13CH]C(=O)[13CH2][13C]1([2H])[2H])[C@H](O)C[C@@H]1[C@@H]2[C@@H](O)C[C@@]2(C)[C@H]1CC[C@]2(O)C(=O)CO. The Hall–Kier alpha value is -1.08. The van der Waals surface area contributed by atoms with Crippen molar-refractivity contribution in [2.45, 2.75) is 70.1 Å².